The van der Waals surface area contributed by atoms with Gasteiger partial charge in [0.15, 0.2) is 0 Å². The molecule has 0 spiro atoms. The molecular weight excluding hydrogens is 656 g/mol. The molecule has 2 saturated carbocycles. The summed E-state index contributed by atoms with van der Waals surface area (Å²) in [5.74, 6) is 0.936. The van der Waals surface area contributed by atoms with E-state index in [-0.39, 0.29) is 55.3 Å². The van der Waals surface area contributed by atoms with Crippen LogP contribution in [0.5, 0.6) is 17.2 Å². The SMILES string of the molecule is C=CCOC12Oc3ccc(Oc4ccc5ccccc5c4)cc3C3C(CCCCO)C(CCCCO)C=C(C(=NOC)CC1N(C)C(=O)C1CC1)C32. The third-order valence-electron chi connectivity index (χ3n) is 11.5. The van der Waals surface area contributed by atoms with Crippen LogP contribution in [0.15, 0.2) is 90.1 Å². The third kappa shape index (κ3) is 6.98. The van der Waals surface area contributed by atoms with Crippen LogP contribution in [0.2, 0.25) is 0 Å². The van der Waals surface area contributed by atoms with Crippen LogP contribution in [-0.4, -0.2) is 72.5 Å². The Balaban J connectivity index is 1.39. The minimum Gasteiger partial charge on any atom is -0.459 e. The van der Waals surface area contributed by atoms with Crippen LogP contribution in [-0.2, 0) is 14.4 Å². The lowest BCUT2D eigenvalue weighted by Gasteiger charge is -2.59. The molecule has 7 rings (SSSR count). The first-order valence-corrected chi connectivity index (χ1v) is 19.0. The molecule has 3 aromatic rings. The maximum absolute atomic E-state index is 13.8. The maximum Gasteiger partial charge on any atom is 0.239 e. The number of ether oxygens (including phenoxy) is 3. The van der Waals surface area contributed by atoms with Crippen molar-refractivity contribution in [1.29, 1.82) is 0 Å². The lowest BCUT2D eigenvalue weighted by Crippen LogP contribution is -2.69. The number of carbonyl (C=O) groups excluding carboxylic acids is 1. The standard InChI is InChI=1S/C43H52N2O7/c1-4-23-50-43-39(45(2)42(48)29-15-16-29)27-37(44-49-3)35-25-31(13-7-9-21-46)34(14-8-10-22-47)40(41(35)43)36-26-33(19-20-38(36)52-43)51-32-18-17-28-11-5-6-12-30(28)24-32/h4-6,11-12,17-20,24-26,29,31,34,39-41,46-47H,1,7-10,13-16,21-23,27H2,2-3H3. The number of fused-ring (bicyclic) bond motifs is 3. The highest BCUT2D eigenvalue weighted by atomic mass is 16.7. The van der Waals surface area contributed by atoms with E-state index in [1.807, 2.05) is 42.3 Å². The van der Waals surface area contributed by atoms with Crippen molar-refractivity contribution in [3.8, 4) is 17.2 Å². The lowest BCUT2D eigenvalue weighted by molar-refractivity contribution is -0.255. The number of benzene rings is 3. The van der Waals surface area contributed by atoms with E-state index in [0.717, 1.165) is 78.3 Å². The Morgan fingerprint density at radius 3 is 2.46 bits per heavy atom. The van der Waals surface area contributed by atoms with Crippen molar-refractivity contribution in [2.24, 2.45) is 28.8 Å². The number of carbonyl (C=O) groups is 1. The van der Waals surface area contributed by atoms with Gasteiger partial charge in [-0.1, -0.05) is 60.5 Å². The van der Waals surface area contributed by atoms with E-state index in [1.165, 1.54) is 0 Å². The second kappa shape index (κ2) is 15.8. The molecule has 6 unspecified atom stereocenters. The molecule has 276 valence electrons. The van der Waals surface area contributed by atoms with Crippen molar-refractivity contribution in [1.82, 2.24) is 4.90 Å². The smallest absolute Gasteiger partial charge is 0.239 e. The highest BCUT2D eigenvalue weighted by molar-refractivity contribution is 6.03. The third-order valence-corrected chi connectivity index (χ3v) is 11.5. The van der Waals surface area contributed by atoms with Gasteiger partial charge in [0.05, 0.1) is 18.2 Å². The Labute approximate surface area is 306 Å². The van der Waals surface area contributed by atoms with Crippen molar-refractivity contribution in [2.45, 2.75) is 75.5 Å². The molecule has 9 heteroatoms. The fourth-order valence-corrected chi connectivity index (χ4v) is 9.04. The Morgan fingerprint density at radius 1 is 1.00 bits per heavy atom. The number of likely N-dealkylation sites (N-methyl/N-ethyl adjacent to an activating group) is 1. The molecule has 2 fully saturated rings. The summed E-state index contributed by atoms with van der Waals surface area (Å²) in [7, 11) is 3.44. The summed E-state index contributed by atoms with van der Waals surface area (Å²) in [5, 5.41) is 26.5. The van der Waals surface area contributed by atoms with Gasteiger partial charge in [-0.2, -0.15) is 0 Å². The number of rotatable bonds is 16. The number of aliphatic hydroxyl groups is 2. The molecule has 3 aliphatic carbocycles. The van der Waals surface area contributed by atoms with E-state index in [0.29, 0.717) is 24.3 Å². The fourth-order valence-electron chi connectivity index (χ4n) is 9.04. The second-order valence-corrected chi connectivity index (χ2v) is 14.8. The summed E-state index contributed by atoms with van der Waals surface area (Å²) in [5.41, 5.74) is 2.85. The monoisotopic (exact) mass is 708 g/mol. The molecule has 1 aliphatic heterocycles. The first-order valence-electron chi connectivity index (χ1n) is 19.0. The van der Waals surface area contributed by atoms with Crippen LogP contribution in [0.3, 0.4) is 0 Å². The van der Waals surface area contributed by atoms with Crippen molar-refractivity contribution >= 4 is 22.4 Å². The summed E-state index contributed by atoms with van der Waals surface area (Å²) < 4.78 is 20.7. The predicted octanol–water partition coefficient (Wildman–Crippen LogP) is 7.76. The molecule has 52 heavy (non-hydrogen) atoms. The van der Waals surface area contributed by atoms with Gasteiger partial charge in [0.1, 0.15) is 30.4 Å². The molecule has 6 atom stereocenters. The molecule has 0 aromatic heterocycles. The summed E-state index contributed by atoms with van der Waals surface area (Å²) in [6.45, 7) is 4.51. The number of hydrogen-bond acceptors (Lipinski definition) is 8. The summed E-state index contributed by atoms with van der Waals surface area (Å²) in [6, 6.07) is 19.9. The van der Waals surface area contributed by atoms with Crippen LogP contribution in [0.4, 0.5) is 0 Å². The van der Waals surface area contributed by atoms with Crippen LogP contribution >= 0.6 is 0 Å². The summed E-state index contributed by atoms with van der Waals surface area (Å²) >= 11 is 0. The Morgan fingerprint density at radius 2 is 1.73 bits per heavy atom. The van der Waals surface area contributed by atoms with Crippen molar-refractivity contribution < 1.29 is 34.1 Å². The Kier molecular flexibility index (Phi) is 11.0. The molecule has 3 aromatic carbocycles. The van der Waals surface area contributed by atoms with Gasteiger partial charge < -0.3 is 34.2 Å². The molecule has 1 amide bonds. The van der Waals surface area contributed by atoms with Crippen molar-refractivity contribution in [2.75, 3.05) is 34.0 Å². The Hall–Kier alpha value is -4.18. The molecule has 0 radical (unpaired) electrons. The topological polar surface area (TPSA) is 110 Å². The van der Waals surface area contributed by atoms with E-state index < -0.39 is 11.8 Å². The van der Waals surface area contributed by atoms with Gasteiger partial charge in [0.2, 0.25) is 11.7 Å². The molecular formula is C43H52N2O7. The first-order chi connectivity index (χ1) is 25.4. The van der Waals surface area contributed by atoms with E-state index in [4.69, 9.17) is 19.0 Å². The van der Waals surface area contributed by atoms with Crippen molar-refractivity contribution in [3.63, 3.8) is 0 Å². The summed E-state index contributed by atoms with van der Waals surface area (Å²) in [6.07, 6.45) is 11.2. The zero-order chi connectivity index (χ0) is 36.2. The number of oxime groups is 1. The van der Waals surface area contributed by atoms with Crippen molar-refractivity contribution in [3.05, 3.63) is 90.5 Å². The quantitative estimate of drug-likeness (QED) is 0.0889. The number of amides is 1. The van der Waals surface area contributed by atoms with Crippen LogP contribution < -0.4 is 9.47 Å². The zero-order valence-electron chi connectivity index (χ0n) is 30.4. The molecule has 0 saturated heterocycles. The van der Waals surface area contributed by atoms with Gasteiger partial charge in [-0.3, -0.25) is 4.79 Å². The van der Waals surface area contributed by atoms with E-state index >= 15 is 0 Å². The predicted molar refractivity (Wildman–Crippen MR) is 201 cm³/mol. The van der Waals surface area contributed by atoms with Gasteiger partial charge in [0, 0.05) is 44.1 Å². The number of hydrogen-bond donors (Lipinski definition) is 2. The van der Waals surface area contributed by atoms with E-state index in [9.17, 15) is 15.0 Å². The number of nitrogens with zero attached hydrogens (tertiary/aromatic N) is 2. The van der Waals surface area contributed by atoms with Crippen LogP contribution in [0.1, 0.15) is 69.3 Å². The fraction of sp³-hybridized carbons (Fsp3) is 0.488. The van der Waals surface area contributed by atoms with Crippen LogP contribution in [0.25, 0.3) is 10.8 Å². The molecule has 9 nitrogen and oxygen atoms in total. The average molecular weight is 709 g/mol. The molecule has 2 N–H and O–H groups in total. The van der Waals surface area contributed by atoms with E-state index in [2.05, 4.69) is 48.1 Å². The van der Waals surface area contributed by atoms with Gasteiger partial charge in [-0.25, -0.2) is 0 Å². The van der Waals surface area contributed by atoms with Crippen LogP contribution in [0, 0.1) is 23.7 Å². The zero-order valence-corrected chi connectivity index (χ0v) is 30.4. The van der Waals surface area contributed by atoms with Gasteiger partial charge in [-0.05, 0) is 97.0 Å². The normalized spacial score (nSPS) is 26.9. The van der Waals surface area contributed by atoms with Gasteiger partial charge in [0.25, 0.3) is 0 Å². The molecule has 4 aliphatic rings. The first kappa shape index (κ1) is 36.2. The van der Waals surface area contributed by atoms with Gasteiger partial charge >= 0.3 is 0 Å². The number of unbranched alkanes of at least 4 members (excludes halogenated alkanes) is 2. The largest absolute Gasteiger partial charge is 0.459 e. The number of allylic oxidation sites excluding steroid dienone is 1. The van der Waals surface area contributed by atoms with Gasteiger partial charge in [-0.15, -0.1) is 6.58 Å². The average Bonchev–Trinajstić information content (AvgIpc) is 4.01. The summed E-state index contributed by atoms with van der Waals surface area (Å²) in [4.78, 5) is 21.2. The van der Waals surface area contributed by atoms with E-state index in [1.54, 1.807) is 13.2 Å². The Bertz CT molecular complexity index is 1820. The lowest BCUT2D eigenvalue weighted by atomic mass is 9.55. The highest BCUT2D eigenvalue weighted by Gasteiger charge is 2.65. The maximum atomic E-state index is 13.8. The molecule has 1 heterocycles. The molecule has 0 bridgehead atoms. The minimum atomic E-state index is -1.23. The highest BCUT2D eigenvalue weighted by Crippen LogP contribution is 2.62. The second-order valence-electron chi connectivity index (χ2n) is 14.8. The minimum absolute atomic E-state index is 0.0104. The number of aliphatic hydroxyl groups excluding tert-OH is 2.